The molecular formula is C10H8ClN5O2. The minimum Gasteiger partial charge on any atom is -0.493 e. The second-order valence-electron chi connectivity index (χ2n) is 3.52. The van der Waals surface area contributed by atoms with E-state index in [9.17, 15) is 0 Å². The zero-order valence-corrected chi connectivity index (χ0v) is 10.3. The molecule has 2 aromatic heterocycles. The summed E-state index contributed by atoms with van der Waals surface area (Å²) in [7, 11) is 3.11. The molecule has 0 saturated heterocycles. The van der Waals surface area contributed by atoms with E-state index < -0.39 is 0 Å². The van der Waals surface area contributed by atoms with Crippen LogP contribution in [0.3, 0.4) is 0 Å². The Hall–Kier alpha value is -2.15. The second-order valence-corrected chi connectivity index (χ2v) is 3.88. The molecule has 0 aliphatic carbocycles. The van der Waals surface area contributed by atoms with Crippen molar-refractivity contribution in [2.45, 2.75) is 0 Å². The molecule has 1 aromatic carbocycles. The lowest BCUT2D eigenvalue weighted by molar-refractivity contribution is 0.355. The largest absolute Gasteiger partial charge is 0.493 e. The molecule has 0 fully saturated rings. The standard InChI is InChI=1S/C10H8ClN5O2/c1-17-7-3-5-6(4-8(7)18-2)16-10(12-9(5)11)13-14-15-16/h3-4H,1-2H3. The summed E-state index contributed by atoms with van der Waals surface area (Å²) in [5.74, 6) is 1.48. The van der Waals surface area contributed by atoms with Crippen molar-refractivity contribution in [3.8, 4) is 11.5 Å². The first-order chi connectivity index (χ1) is 8.74. The van der Waals surface area contributed by atoms with Gasteiger partial charge < -0.3 is 9.47 Å². The van der Waals surface area contributed by atoms with Gasteiger partial charge in [0, 0.05) is 11.5 Å². The van der Waals surface area contributed by atoms with Crippen molar-refractivity contribution in [2.75, 3.05) is 14.2 Å². The Balaban J connectivity index is 2.48. The topological polar surface area (TPSA) is 74.4 Å². The summed E-state index contributed by atoms with van der Waals surface area (Å²) in [5.41, 5.74) is 0.702. The first-order valence-corrected chi connectivity index (χ1v) is 5.41. The lowest BCUT2D eigenvalue weighted by atomic mass is 10.2. The third-order valence-electron chi connectivity index (χ3n) is 2.60. The second kappa shape index (κ2) is 3.95. The molecule has 0 amide bonds. The van der Waals surface area contributed by atoms with E-state index in [-0.39, 0.29) is 0 Å². The molecule has 0 aliphatic heterocycles. The van der Waals surface area contributed by atoms with Crippen LogP contribution in [0, 0.1) is 0 Å². The summed E-state index contributed by atoms with van der Waals surface area (Å²) in [6, 6.07) is 3.50. The van der Waals surface area contributed by atoms with Crippen LogP contribution in [-0.4, -0.2) is 39.2 Å². The van der Waals surface area contributed by atoms with Gasteiger partial charge in [-0.05, 0) is 16.5 Å². The molecule has 18 heavy (non-hydrogen) atoms. The summed E-state index contributed by atoms with van der Waals surface area (Å²) >= 11 is 6.10. The first-order valence-electron chi connectivity index (χ1n) is 5.04. The van der Waals surface area contributed by atoms with Gasteiger partial charge in [-0.25, -0.2) is 0 Å². The Labute approximate surface area is 106 Å². The van der Waals surface area contributed by atoms with Gasteiger partial charge in [0.05, 0.1) is 19.7 Å². The molecule has 92 valence electrons. The molecule has 3 rings (SSSR count). The molecule has 2 heterocycles. The van der Waals surface area contributed by atoms with E-state index in [0.29, 0.717) is 33.3 Å². The quantitative estimate of drug-likeness (QED) is 0.651. The van der Waals surface area contributed by atoms with Crippen molar-refractivity contribution in [2.24, 2.45) is 0 Å². The molecular weight excluding hydrogens is 258 g/mol. The van der Waals surface area contributed by atoms with Crippen molar-refractivity contribution >= 4 is 28.3 Å². The zero-order valence-electron chi connectivity index (χ0n) is 9.59. The molecule has 0 bridgehead atoms. The van der Waals surface area contributed by atoms with E-state index in [1.807, 2.05) is 0 Å². The molecule has 0 aliphatic rings. The molecule has 7 nitrogen and oxygen atoms in total. The SMILES string of the molecule is COc1cc2c(Cl)nc3nnnn3c2cc1OC. The Morgan fingerprint density at radius 1 is 1.17 bits per heavy atom. The van der Waals surface area contributed by atoms with Gasteiger partial charge in [0.15, 0.2) is 11.5 Å². The number of fused-ring (bicyclic) bond motifs is 3. The number of rotatable bonds is 2. The van der Waals surface area contributed by atoms with E-state index in [2.05, 4.69) is 20.5 Å². The highest BCUT2D eigenvalue weighted by Crippen LogP contribution is 2.34. The lowest BCUT2D eigenvalue weighted by Gasteiger charge is -2.09. The Morgan fingerprint density at radius 3 is 2.61 bits per heavy atom. The third kappa shape index (κ3) is 1.44. The van der Waals surface area contributed by atoms with Crippen molar-refractivity contribution in [1.82, 2.24) is 25.0 Å². The number of methoxy groups -OCH3 is 2. The van der Waals surface area contributed by atoms with Gasteiger partial charge in [-0.15, -0.1) is 0 Å². The van der Waals surface area contributed by atoms with Crippen LogP contribution in [-0.2, 0) is 0 Å². The average molecular weight is 266 g/mol. The van der Waals surface area contributed by atoms with Gasteiger partial charge >= 0.3 is 0 Å². The van der Waals surface area contributed by atoms with Crippen molar-refractivity contribution in [1.29, 1.82) is 0 Å². The molecule has 0 saturated carbocycles. The predicted molar refractivity (Wildman–Crippen MR) is 64.2 cm³/mol. The molecule has 0 N–H and O–H groups in total. The highest BCUT2D eigenvalue weighted by molar-refractivity contribution is 6.34. The molecule has 0 unspecified atom stereocenters. The minimum atomic E-state index is 0.313. The van der Waals surface area contributed by atoms with E-state index in [1.165, 1.54) is 4.52 Å². The Kier molecular flexibility index (Phi) is 2.41. The van der Waals surface area contributed by atoms with Crippen molar-refractivity contribution in [3.05, 3.63) is 17.3 Å². The number of halogens is 1. The third-order valence-corrected chi connectivity index (χ3v) is 2.89. The van der Waals surface area contributed by atoms with Crippen LogP contribution >= 0.6 is 11.6 Å². The fourth-order valence-electron chi connectivity index (χ4n) is 1.76. The van der Waals surface area contributed by atoms with Gasteiger partial charge in [0.1, 0.15) is 5.15 Å². The van der Waals surface area contributed by atoms with Crippen molar-refractivity contribution < 1.29 is 9.47 Å². The van der Waals surface area contributed by atoms with E-state index in [4.69, 9.17) is 21.1 Å². The number of hydrogen-bond donors (Lipinski definition) is 0. The summed E-state index contributed by atoms with van der Waals surface area (Å²) in [5, 5.41) is 12.2. The number of nitrogens with zero attached hydrogens (tertiary/aromatic N) is 5. The minimum absolute atomic E-state index is 0.313. The van der Waals surface area contributed by atoms with Crippen LogP contribution in [0.1, 0.15) is 0 Å². The number of hydrogen-bond acceptors (Lipinski definition) is 6. The monoisotopic (exact) mass is 265 g/mol. The van der Waals surface area contributed by atoms with Crippen LogP contribution in [0.2, 0.25) is 5.15 Å². The summed E-state index contributed by atoms with van der Waals surface area (Å²) in [6.07, 6.45) is 0. The fourth-order valence-corrected chi connectivity index (χ4v) is 1.99. The van der Waals surface area contributed by atoms with Crippen LogP contribution in [0.25, 0.3) is 16.7 Å². The van der Waals surface area contributed by atoms with Crippen LogP contribution in [0.15, 0.2) is 12.1 Å². The number of aromatic nitrogens is 5. The number of benzene rings is 1. The average Bonchev–Trinajstić information content (AvgIpc) is 2.85. The van der Waals surface area contributed by atoms with Crippen LogP contribution in [0.4, 0.5) is 0 Å². The highest BCUT2D eigenvalue weighted by atomic mass is 35.5. The number of tetrazole rings is 1. The van der Waals surface area contributed by atoms with Crippen LogP contribution in [0.5, 0.6) is 11.5 Å². The summed E-state index contributed by atoms with van der Waals surface area (Å²) < 4.78 is 11.9. The molecule has 8 heteroatoms. The summed E-state index contributed by atoms with van der Waals surface area (Å²) in [4.78, 5) is 4.09. The highest BCUT2D eigenvalue weighted by Gasteiger charge is 2.14. The van der Waals surface area contributed by atoms with Gasteiger partial charge in [0.25, 0.3) is 5.78 Å². The van der Waals surface area contributed by atoms with E-state index >= 15 is 0 Å². The summed E-state index contributed by atoms with van der Waals surface area (Å²) in [6.45, 7) is 0. The first kappa shape index (κ1) is 11.0. The van der Waals surface area contributed by atoms with Crippen LogP contribution < -0.4 is 9.47 Å². The molecule has 0 spiro atoms. The van der Waals surface area contributed by atoms with Crippen molar-refractivity contribution in [3.63, 3.8) is 0 Å². The van der Waals surface area contributed by atoms with Gasteiger partial charge in [0.2, 0.25) is 0 Å². The normalized spacial score (nSPS) is 11.1. The number of ether oxygens (including phenoxy) is 2. The van der Waals surface area contributed by atoms with E-state index in [1.54, 1.807) is 26.4 Å². The fraction of sp³-hybridized carbons (Fsp3) is 0.200. The predicted octanol–water partition coefficient (Wildman–Crippen LogP) is 1.34. The maximum Gasteiger partial charge on any atom is 0.275 e. The Morgan fingerprint density at radius 2 is 1.89 bits per heavy atom. The maximum absolute atomic E-state index is 6.10. The van der Waals surface area contributed by atoms with Gasteiger partial charge in [-0.1, -0.05) is 16.7 Å². The van der Waals surface area contributed by atoms with E-state index in [0.717, 1.165) is 0 Å². The van der Waals surface area contributed by atoms with Gasteiger partial charge in [-0.3, -0.25) is 0 Å². The smallest absolute Gasteiger partial charge is 0.275 e. The maximum atomic E-state index is 6.10. The molecule has 3 aromatic rings. The lowest BCUT2D eigenvalue weighted by Crippen LogP contribution is -1.97. The zero-order chi connectivity index (χ0) is 12.7. The van der Waals surface area contributed by atoms with Gasteiger partial charge in [-0.2, -0.15) is 9.50 Å². The molecule has 0 radical (unpaired) electrons. The molecule has 0 atom stereocenters. The Bertz CT molecular complexity index is 742.